The minimum Gasteiger partial charge on any atom is -0.481 e. The van der Waals surface area contributed by atoms with Crippen molar-refractivity contribution in [1.29, 1.82) is 0 Å². The van der Waals surface area contributed by atoms with Crippen LogP contribution in [0.2, 0.25) is 0 Å². The second kappa shape index (κ2) is 6.83. The zero-order valence-electron chi connectivity index (χ0n) is 15.1. The maximum Gasteiger partial charge on any atom is 0.410 e. The van der Waals surface area contributed by atoms with Crippen molar-refractivity contribution in [1.82, 2.24) is 4.90 Å². The molecule has 0 bridgehead atoms. The lowest BCUT2D eigenvalue weighted by atomic mass is 9.87. The number of benzene rings is 1. The predicted molar refractivity (Wildman–Crippen MR) is 92.2 cm³/mol. The van der Waals surface area contributed by atoms with Crippen LogP contribution in [-0.2, 0) is 9.53 Å². The smallest absolute Gasteiger partial charge is 0.410 e. The second-order valence-corrected chi connectivity index (χ2v) is 7.76. The van der Waals surface area contributed by atoms with Gasteiger partial charge in [0.05, 0.1) is 5.92 Å². The molecular formula is C19H27NO4. The number of amides is 1. The molecule has 0 saturated carbocycles. The SMILES string of the molecule is CC(C)c1cccc([C@@H]2CN(C(=O)OC(C)(C)C)C[C@@H]2C(=O)O)c1. The highest BCUT2D eigenvalue weighted by Crippen LogP contribution is 2.34. The summed E-state index contributed by atoms with van der Waals surface area (Å²) in [6.45, 7) is 10.2. The van der Waals surface area contributed by atoms with Crippen LogP contribution in [0, 0.1) is 5.92 Å². The number of hydrogen-bond acceptors (Lipinski definition) is 3. The summed E-state index contributed by atoms with van der Waals surface area (Å²) < 4.78 is 5.39. The van der Waals surface area contributed by atoms with Crippen LogP contribution in [0.1, 0.15) is 57.6 Å². The third-order valence-electron chi connectivity index (χ3n) is 4.29. The van der Waals surface area contributed by atoms with E-state index in [0.29, 0.717) is 12.5 Å². The molecular weight excluding hydrogens is 306 g/mol. The van der Waals surface area contributed by atoms with Crippen LogP contribution >= 0.6 is 0 Å². The lowest BCUT2D eigenvalue weighted by Gasteiger charge is -2.24. The number of rotatable bonds is 3. The summed E-state index contributed by atoms with van der Waals surface area (Å²) in [5, 5.41) is 9.58. The first-order chi connectivity index (χ1) is 11.1. The van der Waals surface area contributed by atoms with Gasteiger partial charge in [-0.05, 0) is 37.8 Å². The van der Waals surface area contributed by atoms with E-state index in [9.17, 15) is 14.7 Å². The van der Waals surface area contributed by atoms with Gasteiger partial charge in [0.1, 0.15) is 5.60 Å². The van der Waals surface area contributed by atoms with E-state index in [-0.39, 0.29) is 12.5 Å². The number of nitrogens with zero attached hydrogens (tertiary/aromatic N) is 1. The first-order valence-electron chi connectivity index (χ1n) is 8.39. The van der Waals surface area contributed by atoms with Gasteiger partial charge in [-0.15, -0.1) is 0 Å². The quantitative estimate of drug-likeness (QED) is 0.912. The summed E-state index contributed by atoms with van der Waals surface area (Å²) in [5.74, 6) is -1.33. The molecule has 0 radical (unpaired) electrons. The molecule has 1 fully saturated rings. The molecule has 1 aliphatic heterocycles. The largest absolute Gasteiger partial charge is 0.481 e. The summed E-state index contributed by atoms with van der Waals surface area (Å²) in [5.41, 5.74) is 1.55. The summed E-state index contributed by atoms with van der Waals surface area (Å²) in [6.07, 6.45) is -0.448. The maximum absolute atomic E-state index is 12.3. The molecule has 1 amide bonds. The van der Waals surface area contributed by atoms with Crippen molar-refractivity contribution in [2.45, 2.75) is 52.1 Å². The molecule has 1 aromatic rings. The predicted octanol–water partition coefficient (Wildman–Crippen LogP) is 3.85. The molecule has 24 heavy (non-hydrogen) atoms. The molecule has 5 nitrogen and oxygen atoms in total. The van der Waals surface area contributed by atoms with Crippen molar-refractivity contribution < 1.29 is 19.4 Å². The van der Waals surface area contributed by atoms with Crippen LogP contribution in [0.3, 0.4) is 0 Å². The van der Waals surface area contributed by atoms with Crippen LogP contribution in [0.15, 0.2) is 24.3 Å². The number of carbonyl (C=O) groups is 2. The zero-order chi connectivity index (χ0) is 18.1. The molecule has 2 rings (SSSR count). The molecule has 5 heteroatoms. The summed E-state index contributed by atoms with van der Waals surface area (Å²) in [4.78, 5) is 25.5. The van der Waals surface area contributed by atoms with Gasteiger partial charge in [0.25, 0.3) is 0 Å². The Hall–Kier alpha value is -2.04. The van der Waals surface area contributed by atoms with Gasteiger partial charge in [-0.1, -0.05) is 38.1 Å². The minimum absolute atomic E-state index is 0.181. The molecule has 2 atom stereocenters. The van der Waals surface area contributed by atoms with Gasteiger partial charge >= 0.3 is 12.1 Å². The first-order valence-corrected chi connectivity index (χ1v) is 8.39. The maximum atomic E-state index is 12.3. The molecule has 1 N–H and O–H groups in total. The molecule has 0 unspecified atom stereocenters. The van der Waals surface area contributed by atoms with E-state index in [1.54, 1.807) is 20.8 Å². The normalized spacial score (nSPS) is 21.2. The number of carbonyl (C=O) groups excluding carboxylic acids is 1. The Morgan fingerprint density at radius 1 is 1.25 bits per heavy atom. The Labute approximate surface area is 143 Å². The number of carboxylic acids is 1. The van der Waals surface area contributed by atoms with Crippen molar-refractivity contribution >= 4 is 12.1 Å². The highest BCUT2D eigenvalue weighted by Gasteiger charge is 2.41. The van der Waals surface area contributed by atoms with Gasteiger partial charge in [0.15, 0.2) is 0 Å². The molecule has 132 valence electrons. The van der Waals surface area contributed by atoms with Crippen LogP contribution in [0.25, 0.3) is 0 Å². The lowest BCUT2D eigenvalue weighted by Crippen LogP contribution is -2.35. The molecule has 1 aromatic carbocycles. The van der Waals surface area contributed by atoms with E-state index >= 15 is 0 Å². The Morgan fingerprint density at radius 2 is 1.92 bits per heavy atom. The fourth-order valence-electron chi connectivity index (χ4n) is 3.02. The van der Waals surface area contributed by atoms with Gasteiger partial charge in [0, 0.05) is 19.0 Å². The summed E-state index contributed by atoms with van der Waals surface area (Å²) in [6, 6.07) is 8.01. The van der Waals surface area contributed by atoms with Crippen molar-refractivity contribution in [3.63, 3.8) is 0 Å². The van der Waals surface area contributed by atoms with Gasteiger partial charge in [0.2, 0.25) is 0 Å². The van der Waals surface area contributed by atoms with E-state index < -0.39 is 23.6 Å². The van der Waals surface area contributed by atoms with E-state index in [4.69, 9.17) is 4.74 Å². The average Bonchev–Trinajstić information content (AvgIpc) is 2.91. The van der Waals surface area contributed by atoms with E-state index in [1.807, 2.05) is 18.2 Å². The number of likely N-dealkylation sites (tertiary alicyclic amines) is 1. The molecule has 0 aromatic heterocycles. The Kier molecular flexibility index (Phi) is 5.21. The lowest BCUT2D eigenvalue weighted by molar-refractivity contribution is -0.141. The van der Waals surface area contributed by atoms with Gasteiger partial charge < -0.3 is 14.7 Å². The third-order valence-corrected chi connectivity index (χ3v) is 4.29. The summed E-state index contributed by atoms with van der Waals surface area (Å²) >= 11 is 0. The topological polar surface area (TPSA) is 66.8 Å². The molecule has 0 aliphatic carbocycles. The Bertz CT molecular complexity index is 618. The number of aliphatic carboxylic acids is 1. The van der Waals surface area contributed by atoms with Gasteiger partial charge in [-0.3, -0.25) is 4.79 Å². The number of ether oxygens (including phenoxy) is 1. The third kappa shape index (κ3) is 4.28. The Morgan fingerprint density at radius 3 is 2.46 bits per heavy atom. The molecule has 0 spiro atoms. The monoisotopic (exact) mass is 333 g/mol. The standard InChI is InChI=1S/C19H27NO4/c1-12(2)13-7-6-8-14(9-13)15-10-20(11-16(15)17(21)22)18(23)24-19(3,4)5/h6-9,12,15-16H,10-11H2,1-5H3,(H,21,22)/t15-,16-/m0/s1. The van der Waals surface area contributed by atoms with Crippen LogP contribution in [0.4, 0.5) is 4.79 Å². The van der Waals surface area contributed by atoms with Crippen molar-refractivity contribution in [2.75, 3.05) is 13.1 Å². The summed E-state index contributed by atoms with van der Waals surface area (Å²) in [7, 11) is 0. The molecule has 1 aliphatic rings. The van der Waals surface area contributed by atoms with Crippen LogP contribution in [0.5, 0.6) is 0 Å². The van der Waals surface area contributed by atoms with E-state index in [2.05, 4.69) is 19.9 Å². The highest BCUT2D eigenvalue weighted by molar-refractivity contribution is 5.76. The zero-order valence-corrected chi connectivity index (χ0v) is 15.1. The van der Waals surface area contributed by atoms with Crippen molar-refractivity contribution in [3.05, 3.63) is 35.4 Å². The number of carboxylic acid groups (broad SMARTS) is 1. The molecule has 1 saturated heterocycles. The van der Waals surface area contributed by atoms with Gasteiger partial charge in [-0.25, -0.2) is 4.79 Å². The minimum atomic E-state index is -0.874. The van der Waals surface area contributed by atoms with Crippen LogP contribution in [-0.4, -0.2) is 40.8 Å². The van der Waals surface area contributed by atoms with Crippen molar-refractivity contribution in [2.24, 2.45) is 5.92 Å². The molecule has 1 heterocycles. The average molecular weight is 333 g/mol. The fraction of sp³-hybridized carbons (Fsp3) is 0.579. The van der Waals surface area contributed by atoms with Crippen molar-refractivity contribution in [3.8, 4) is 0 Å². The fourth-order valence-corrected chi connectivity index (χ4v) is 3.02. The highest BCUT2D eigenvalue weighted by atomic mass is 16.6. The van der Waals surface area contributed by atoms with E-state index in [1.165, 1.54) is 10.5 Å². The Balaban J connectivity index is 2.24. The van der Waals surface area contributed by atoms with Gasteiger partial charge in [-0.2, -0.15) is 0 Å². The first kappa shape index (κ1) is 18.3. The second-order valence-electron chi connectivity index (χ2n) is 7.76. The van der Waals surface area contributed by atoms with E-state index in [0.717, 1.165) is 5.56 Å². The van der Waals surface area contributed by atoms with Crippen LogP contribution < -0.4 is 0 Å². The number of hydrogen-bond donors (Lipinski definition) is 1.